The van der Waals surface area contributed by atoms with Crippen molar-refractivity contribution in [2.45, 2.75) is 18.6 Å². The van der Waals surface area contributed by atoms with Gasteiger partial charge in [0.25, 0.3) is 5.91 Å². The number of nitrogens with zero attached hydrogens (tertiary/aromatic N) is 1. The Labute approximate surface area is 169 Å². The number of nitrogens with two attached hydrogens (primary N) is 1. The third-order valence-electron chi connectivity index (χ3n) is 4.61. The van der Waals surface area contributed by atoms with E-state index >= 15 is 0 Å². The molecule has 0 unspecified atom stereocenters. The number of likely N-dealkylation sites (tertiary alicyclic amines) is 1. The van der Waals surface area contributed by atoms with E-state index in [0.717, 1.165) is 0 Å². The van der Waals surface area contributed by atoms with E-state index in [4.69, 9.17) is 20.6 Å². The Balaban J connectivity index is 1.79. The van der Waals surface area contributed by atoms with Crippen molar-refractivity contribution in [1.82, 2.24) is 4.90 Å². The predicted octanol–water partition coefficient (Wildman–Crippen LogP) is 2.36. The molecular weight excluding hydrogens is 370 g/mol. The van der Waals surface area contributed by atoms with Crippen LogP contribution in [0.4, 0.5) is 0 Å². The molecule has 1 aliphatic heterocycles. The first-order chi connectivity index (χ1) is 14.0. The van der Waals surface area contributed by atoms with Crippen molar-refractivity contribution in [1.29, 1.82) is 5.41 Å². The molecule has 29 heavy (non-hydrogen) atoms. The molecule has 1 saturated heterocycles. The second-order valence-electron chi connectivity index (χ2n) is 6.68. The van der Waals surface area contributed by atoms with Gasteiger partial charge in [-0.25, -0.2) is 4.79 Å². The lowest BCUT2D eigenvalue weighted by Gasteiger charge is -2.22. The van der Waals surface area contributed by atoms with Crippen molar-refractivity contribution in [2.75, 3.05) is 13.2 Å². The average Bonchev–Trinajstić information content (AvgIpc) is 3.16. The van der Waals surface area contributed by atoms with E-state index < -0.39 is 18.1 Å². The molecule has 0 bridgehead atoms. The van der Waals surface area contributed by atoms with Crippen LogP contribution in [0.3, 0.4) is 0 Å². The minimum Gasteiger partial charge on any atom is -0.488 e. The Kier molecular flexibility index (Phi) is 6.29. The van der Waals surface area contributed by atoms with Gasteiger partial charge in [-0.3, -0.25) is 10.2 Å². The molecule has 0 aliphatic carbocycles. The maximum absolute atomic E-state index is 13.0. The highest BCUT2D eigenvalue weighted by Gasteiger charge is 2.42. The van der Waals surface area contributed by atoms with Gasteiger partial charge >= 0.3 is 5.97 Å². The summed E-state index contributed by atoms with van der Waals surface area (Å²) < 4.78 is 11.2. The largest absolute Gasteiger partial charge is 0.488 e. The molecule has 0 aromatic heterocycles. The fourth-order valence-corrected chi connectivity index (χ4v) is 3.24. The first kappa shape index (κ1) is 20.1. The maximum atomic E-state index is 13.0. The summed E-state index contributed by atoms with van der Waals surface area (Å²) >= 11 is 0. The second kappa shape index (κ2) is 9.05. The van der Waals surface area contributed by atoms with Crippen LogP contribution < -0.4 is 10.5 Å². The van der Waals surface area contributed by atoms with E-state index in [2.05, 4.69) is 6.58 Å². The van der Waals surface area contributed by atoms with Crippen LogP contribution in [-0.2, 0) is 9.53 Å². The van der Waals surface area contributed by atoms with E-state index in [-0.39, 0.29) is 24.9 Å². The molecule has 1 aliphatic rings. The van der Waals surface area contributed by atoms with Crippen LogP contribution in [0.25, 0.3) is 0 Å². The van der Waals surface area contributed by atoms with E-state index in [0.29, 0.717) is 23.3 Å². The molecule has 0 spiro atoms. The molecule has 1 amide bonds. The Morgan fingerprint density at radius 3 is 2.59 bits per heavy atom. The van der Waals surface area contributed by atoms with Gasteiger partial charge < -0.3 is 20.1 Å². The van der Waals surface area contributed by atoms with E-state index in [9.17, 15) is 9.59 Å². The fraction of sp³-hybridized carbons (Fsp3) is 0.227. The summed E-state index contributed by atoms with van der Waals surface area (Å²) in [6, 6.07) is 14.9. The summed E-state index contributed by atoms with van der Waals surface area (Å²) in [5, 5.41) is 7.55. The summed E-state index contributed by atoms with van der Waals surface area (Å²) in [6.07, 6.45) is 1.39. The van der Waals surface area contributed by atoms with Crippen LogP contribution in [0.5, 0.6) is 5.75 Å². The number of nitrogen functional groups attached to an aromatic ring is 1. The minimum absolute atomic E-state index is 0.0615. The quantitative estimate of drug-likeness (QED) is 0.325. The molecule has 7 nitrogen and oxygen atoms in total. The smallest absolute Gasteiger partial charge is 0.329 e. The van der Waals surface area contributed by atoms with E-state index in [1.165, 1.54) is 11.0 Å². The van der Waals surface area contributed by atoms with Gasteiger partial charge in [-0.05, 0) is 24.3 Å². The van der Waals surface area contributed by atoms with Crippen LogP contribution in [0, 0.1) is 5.41 Å². The standard InChI is InChI=1S/C22H23N3O4/c1-2-11-28-22(27)19-13-18(29-17-10-6-9-16(12-17)20(23)24)14-25(19)21(26)15-7-4-3-5-8-15/h2-10,12,18-19H,1,11,13-14H2,(H3,23,24)/t18-,19+/m1/s1. The second-order valence-corrected chi connectivity index (χ2v) is 6.68. The summed E-state index contributed by atoms with van der Waals surface area (Å²) in [6.45, 7) is 3.86. The zero-order valence-corrected chi connectivity index (χ0v) is 15.9. The summed E-state index contributed by atoms with van der Waals surface area (Å²) in [5.74, 6) is -0.281. The van der Waals surface area contributed by atoms with Gasteiger partial charge in [-0.1, -0.05) is 43.0 Å². The van der Waals surface area contributed by atoms with Crippen LogP contribution in [0.2, 0.25) is 0 Å². The number of ether oxygens (including phenoxy) is 2. The van der Waals surface area contributed by atoms with Gasteiger partial charge in [0.1, 0.15) is 30.3 Å². The number of benzene rings is 2. The van der Waals surface area contributed by atoms with Crippen molar-refractivity contribution in [3.05, 3.63) is 78.4 Å². The lowest BCUT2D eigenvalue weighted by atomic mass is 10.1. The van der Waals surface area contributed by atoms with Gasteiger partial charge in [0.15, 0.2) is 0 Å². The van der Waals surface area contributed by atoms with Crippen LogP contribution in [0.15, 0.2) is 67.3 Å². The molecule has 2 aromatic carbocycles. The van der Waals surface area contributed by atoms with Crippen molar-refractivity contribution >= 4 is 17.7 Å². The highest BCUT2D eigenvalue weighted by atomic mass is 16.5. The zero-order valence-electron chi connectivity index (χ0n) is 15.9. The Morgan fingerprint density at radius 1 is 1.17 bits per heavy atom. The molecule has 3 N–H and O–H groups in total. The average molecular weight is 393 g/mol. The van der Waals surface area contributed by atoms with Gasteiger partial charge in [0.05, 0.1) is 6.54 Å². The molecule has 0 saturated carbocycles. The molecule has 2 aromatic rings. The Morgan fingerprint density at radius 2 is 1.90 bits per heavy atom. The topological polar surface area (TPSA) is 106 Å². The maximum Gasteiger partial charge on any atom is 0.329 e. The number of hydrogen-bond donors (Lipinski definition) is 2. The van der Waals surface area contributed by atoms with Crippen LogP contribution in [0.1, 0.15) is 22.3 Å². The molecule has 150 valence electrons. The summed E-state index contributed by atoms with van der Waals surface area (Å²) in [5.41, 5.74) is 6.57. The number of carbonyl (C=O) groups excluding carboxylic acids is 2. The third-order valence-corrected chi connectivity index (χ3v) is 4.61. The lowest BCUT2D eigenvalue weighted by molar-refractivity contribution is -0.146. The van der Waals surface area contributed by atoms with E-state index in [1.807, 2.05) is 6.07 Å². The number of amidine groups is 1. The lowest BCUT2D eigenvalue weighted by Crippen LogP contribution is -2.41. The zero-order chi connectivity index (χ0) is 20.8. The van der Waals surface area contributed by atoms with Crippen LogP contribution in [-0.4, -0.2) is 47.9 Å². The van der Waals surface area contributed by atoms with Crippen molar-refractivity contribution in [3.8, 4) is 5.75 Å². The highest BCUT2D eigenvalue weighted by molar-refractivity contribution is 5.97. The molecule has 0 radical (unpaired) electrons. The number of carbonyl (C=O) groups is 2. The van der Waals surface area contributed by atoms with Crippen molar-refractivity contribution < 1.29 is 19.1 Å². The highest BCUT2D eigenvalue weighted by Crippen LogP contribution is 2.26. The minimum atomic E-state index is -0.747. The molecule has 1 fully saturated rings. The van der Waals surface area contributed by atoms with Gasteiger partial charge in [-0.15, -0.1) is 0 Å². The van der Waals surface area contributed by atoms with Crippen molar-refractivity contribution in [3.63, 3.8) is 0 Å². The molecule has 7 heteroatoms. The predicted molar refractivity (Wildman–Crippen MR) is 109 cm³/mol. The number of rotatable bonds is 7. The third kappa shape index (κ3) is 4.82. The number of nitrogens with one attached hydrogen (secondary N) is 1. The van der Waals surface area contributed by atoms with Crippen LogP contribution >= 0.6 is 0 Å². The fourth-order valence-electron chi connectivity index (χ4n) is 3.24. The number of hydrogen-bond acceptors (Lipinski definition) is 5. The summed E-state index contributed by atoms with van der Waals surface area (Å²) in [7, 11) is 0. The Hall–Kier alpha value is -3.61. The van der Waals surface area contributed by atoms with Gasteiger partial charge in [0.2, 0.25) is 0 Å². The molecule has 2 atom stereocenters. The Bertz CT molecular complexity index is 913. The number of amides is 1. The first-order valence-corrected chi connectivity index (χ1v) is 9.24. The first-order valence-electron chi connectivity index (χ1n) is 9.24. The molecule has 3 rings (SSSR count). The number of esters is 1. The van der Waals surface area contributed by atoms with E-state index in [1.54, 1.807) is 48.5 Å². The summed E-state index contributed by atoms with van der Waals surface area (Å²) in [4.78, 5) is 27.0. The molecular formula is C22H23N3O4. The normalized spacial score (nSPS) is 18.1. The monoisotopic (exact) mass is 393 g/mol. The SMILES string of the molecule is C=CCOC(=O)[C@@H]1C[C@@H](Oc2cccc(C(=N)N)c2)CN1C(=O)c1ccccc1. The van der Waals surface area contributed by atoms with Crippen molar-refractivity contribution in [2.24, 2.45) is 5.73 Å². The van der Waals surface area contributed by atoms with Gasteiger partial charge in [-0.2, -0.15) is 0 Å². The van der Waals surface area contributed by atoms with Gasteiger partial charge in [0, 0.05) is 17.5 Å². The molecule has 1 heterocycles.